The predicted octanol–water partition coefficient (Wildman–Crippen LogP) is 2.87. The Bertz CT molecular complexity index is 476. The second-order valence-electron chi connectivity index (χ2n) is 5.01. The van der Waals surface area contributed by atoms with E-state index in [1.54, 1.807) is 0 Å². The van der Waals surface area contributed by atoms with Crippen molar-refractivity contribution < 1.29 is 9.53 Å². The molecule has 3 N–H and O–H groups in total. The maximum atomic E-state index is 12.5. The fourth-order valence-corrected chi connectivity index (χ4v) is 2.78. The lowest BCUT2D eigenvalue weighted by atomic mass is 9.79. The van der Waals surface area contributed by atoms with Crippen LogP contribution in [-0.4, -0.2) is 25.7 Å². The molecule has 0 spiro atoms. The van der Waals surface area contributed by atoms with Crippen molar-refractivity contribution in [2.45, 2.75) is 19.8 Å². The second kappa shape index (κ2) is 7.41. The van der Waals surface area contributed by atoms with Crippen molar-refractivity contribution >= 4 is 39.9 Å². The molecule has 0 radical (unpaired) electrons. The Morgan fingerprint density at radius 3 is 2.65 bits per heavy atom. The zero-order valence-electron chi connectivity index (χ0n) is 11.4. The van der Waals surface area contributed by atoms with E-state index in [1.165, 1.54) is 0 Å². The molecule has 0 aromatic heterocycles. The molecule has 2 rings (SSSR count). The first-order valence-electron chi connectivity index (χ1n) is 6.43. The molecule has 0 saturated carbocycles. The first kappa shape index (κ1) is 17.4. The van der Waals surface area contributed by atoms with Gasteiger partial charge < -0.3 is 15.8 Å². The molecule has 1 fully saturated rings. The topological polar surface area (TPSA) is 64.4 Å². The van der Waals surface area contributed by atoms with E-state index in [2.05, 4.69) is 21.2 Å². The highest BCUT2D eigenvalue weighted by Crippen LogP contribution is 2.31. The predicted molar refractivity (Wildman–Crippen MR) is 86.3 cm³/mol. The van der Waals surface area contributed by atoms with Crippen molar-refractivity contribution in [3.63, 3.8) is 0 Å². The van der Waals surface area contributed by atoms with Gasteiger partial charge in [0.25, 0.3) is 0 Å². The van der Waals surface area contributed by atoms with Gasteiger partial charge in [0, 0.05) is 29.9 Å². The molecule has 1 saturated heterocycles. The van der Waals surface area contributed by atoms with Crippen LogP contribution in [0.3, 0.4) is 0 Å². The van der Waals surface area contributed by atoms with Crippen LogP contribution in [0, 0.1) is 12.3 Å². The van der Waals surface area contributed by atoms with Crippen LogP contribution in [-0.2, 0) is 9.53 Å². The van der Waals surface area contributed by atoms with Gasteiger partial charge in [-0.15, -0.1) is 12.4 Å². The first-order chi connectivity index (χ1) is 9.07. The zero-order chi connectivity index (χ0) is 13.9. The van der Waals surface area contributed by atoms with Gasteiger partial charge in [-0.25, -0.2) is 0 Å². The maximum Gasteiger partial charge on any atom is 0.232 e. The molecule has 0 aliphatic carbocycles. The van der Waals surface area contributed by atoms with E-state index in [0.717, 1.165) is 15.7 Å². The number of nitrogens with two attached hydrogens (primary N) is 1. The van der Waals surface area contributed by atoms with E-state index in [0.29, 0.717) is 32.6 Å². The van der Waals surface area contributed by atoms with E-state index in [9.17, 15) is 4.79 Å². The summed E-state index contributed by atoms with van der Waals surface area (Å²) in [6, 6.07) is 5.80. The normalized spacial score (nSPS) is 17.1. The van der Waals surface area contributed by atoms with Gasteiger partial charge in [-0.2, -0.15) is 0 Å². The molecule has 20 heavy (non-hydrogen) atoms. The van der Waals surface area contributed by atoms with Crippen molar-refractivity contribution in [1.29, 1.82) is 0 Å². The van der Waals surface area contributed by atoms with Crippen molar-refractivity contribution in [3.8, 4) is 0 Å². The summed E-state index contributed by atoms with van der Waals surface area (Å²) in [5.41, 5.74) is 7.21. The molecule has 1 aliphatic heterocycles. The third-order valence-corrected chi connectivity index (χ3v) is 4.25. The number of carbonyl (C=O) groups is 1. The van der Waals surface area contributed by atoms with Gasteiger partial charge in [0.05, 0.1) is 5.41 Å². The van der Waals surface area contributed by atoms with Crippen molar-refractivity contribution in [1.82, 2.24) is 0 Å². The van der Waals surface area contributed by atoms with Crippen molar-refractivity contribution in [2.24, 2.45) is 11.1 Å². The highest BCUT2D eigenvalue weighted by atomic mass is 79.9. The Hall–Kier alpha value is -0.620. The zero-order valence-corrected chi connectivity index (χ0v) is 13.9. The summed E-state index contributed by atoms with van der Waals surface area (Å²) in [4.78, 5) is 12.5. The molecule has 0 atom stereocenters. The Kier molecular flexibility index (Phi) is 6.45. The summed E-state index contributed by atoms with van der Waals surface area (Å²) in [7, 11) is 0. The summed E-state index contributed by atoms with van der Waals surface area (Å²) in [6.07, 6.45) is 1.37. The van der Waals surface area contributed by atoms with E-state index >= 15 is 0 Å². The molecule has 1 amide bonds. The Morgan fingerprint density at radius 2 is 2.10 bits per heavy atom. The van der Waals surface area contributed by atoms with Crippen molar-refractivity contribution in [3.05, 3.63) is 28.2 Å². The number of hydrogen-bond acceptors (Lipinski definition) is 3. The summed E-state index contributed by atoms with van der Waals surface area (Å²) >= 11 is 3.41. The lowest BCUT2D eigenvalue weighted by Gasteiger charge is -2.34. The largest absolute Gasteiger partial charge is 0.381 e. The van der Waals surface area contributed by atoms with Gasteiger partial charge in [-0.3, -0.25) is 4.79 Å². The van der Waals surface area contributed by atoms with Crippen LogP contribution in [0.25, 0.3) is 0 Å². The second-order valence-corrected chi connectivity index (χ2v) is 5.93. The molecule has 1 aromatic rings. The van der Waals surface area contributed by atoms with Gasteiger partial charge in [-0.05, 0) is 43.5 Å². The number of ether oxygens (including phenoxy) is 1. The van der Waals surface area contributed by atoms with Crippen LogP contribution in [0.1, 0.15) is 18.4 Å². The highest BCUT2D eigenvalue weighted by molar-refractivity contribution is 9.10. The summed E-state index contributed by atoms with van der Waals surface area (Å²) in [6.45, 7) is 3.53. The van der Waals surface area contributed by atoms with Gasteiger partial charge in [0.15, 0.2) is 0 Å². The average molecular weight is 364 g/mol. The fraction of sp³-hybridized carbons (Fsp3) is 0.500. The van der Waals surface area contributed by atoms with Gasteiger partial charge >= 0.3 is 0 Å². The number of halogens is 2. The Morgan fingerprint density at radius 1 is 1.45 bits per heavy atom. The van der Waals surface area contributed by atoms with E-state index < -0.39 is 5.41 Å². The molecule has 112 valence electrons. The molecule has 0 unspecified atom stereocenters. The number of aryl methyl sites for hydroxylation is 1. The van der Waals surface area contributed by atoms with Crippen LogP contribution < -0.4 is 11.1 Å². The molecule has 6 heteroatoms. The molecule has 1 heterocycles. The third-order valence-electron chi connectivity index (χ3n) is 3.76. The average Bonchev–Trinajstić information content (AvgIpc) is 2.42. The molecular formula is C14H20BrClN2O2. The van der Waals surface area contributed by atoms with Crippen LogP contribution in [0.15, 0.2) is 22.7 Å². The van der Waals surface area contributed by atoms with Gasteiger partial charge in [0.2, 0.25) is 5.91 Å². The first-order valence-corrected chi connectivity index (χ1v) is 7.22. The monoisotopic (exact) mass is 362 g/mol. The number of carbonyl (C=O) groups excluding carboxylic acids is 1. The minimum absolute atomic E-state index is 0. The number of nitrogens with one attached hydrogen (secondary N) is 1. The summed E-state index contributed by atoms with van der Waals surface area (Å²) < 4.78 is 6.33. The molecule has 0 bridgehead atoms. The lowest BCUT2D eigenvalue weighted by molar-refractivity contribution is -0.130. The van der Waals surface area contributed by atoms with Crippen LogP contribution in [0.4, 0.5) is 5.69 Å². The van der Waals surface area contributed by atoms with E-state index in [1.807, 2.05) is 25.1 Å². The fourth-order valence-electron chi connectivity index (χ4n) is 2.31. The van der Waals surface area contributed by atoms with Crippen LogP contribution >= 0.6 is 28.3 Å². The lowest BCUT2D eigenvalue weighted by Crippen LogP contribution is -2.46. The Balaban J connectivity index is 0.00000200. The minimum atomic E-state index is -0.488. The summed E-state index contributed by atoms with van der Waals surface area (Å²) in [5.74, 6) is 0.00345. The standard InChI is InChI=1S/C14H19BrN2O2.ClH/c1-10-8-11(15)2-3-12(10)17-13(18)14(9-16)4-6-19-7-5-14;/h2-3,8H,4-7,9,16H2,1H3,(H,17,18);1H. The maximum absolute atomic E-state index is 12.5. The SMILES string of the molecule is Cc1cc(Br)ccc1NC(=O)C1(CN)CCOCC1.Cl. The van der Waals surface area contributed by atoms with Crippen LogP contribution in [0.5, 0.6) is 0 Å². The van der Waals surface area contributed by atoms with Gasteiger partial charge in [-0.1, -0.05) is 15.9 Å². The molecule has 1 aromatic carbocycles. The number of rotatable bonds is 3. The summed E-state index contributed by atoms with van der Waals surface area (Å²) in [5, 5.41) is 3.00. The molecule has 4 nitrogen and oxygen atoms in total. The number of hydrogen-bond donors (Lipinski definition) is 2. The smallest absolute Gasteiger partial charge is 0.232 e. The quantitative estimate of drug-likeness (QED) is 0.868. The number of benzene rings is 1. The van der Waals surface area contributed by atoms with E-state index in [-0.39, 0.29) is 18.3 Å². The van der Waals surface area contributed by atoms with Gasteiger partial charge in [0.1, 0.15) is 0 Å². The van der Waals surface area contributed by atoms with Crippen LogP contribution in [0.2, 0.25) is 0 Å². The number of anilines is 1. The number of amides is 1. The third kappa shape index (κ3) is 3.73. The molecule has 1 aliphatic rings. The van der Waals surface area contributed by atoms with E-state index in [4.69, 9.17) is 10.5 Å². The Labute approximate surface area is 134 Å². The molecular weight excluding hydrogens is 344 g/mol. The van der Waals surface area contributed by atoms with Crippen molar-refractivity contribution in [2.75, 3.05) is 25.1 Å². The highest BCUT2D eigenvalue weighted by Gasteiger charge is 2.38. The minimum Gasteiger partial charge on any atom is -0.381 e.